The van der Waals surface area contributed by atoms with E-state index in [1.165, 1.54) is 16.7 Å². The van der Waals surface area contributed by atoms with Crippen molar-refractivity contribution in [3.63, 3.8) is 0 Å². The van der Waals surface area contributed by atoms with E-state index in [2.05, 4.69) is 19.8 Å². The number of fused-ring (bicyclic) bond motifs is 1. The first-order valence-corrected chi connectivity index (χ1v) is 12.1. The van der Waals surface area contributed by atoms with Crippen LogP contribution in [0.4, 0.5) is 0 Å². The molecule has 2 aliphatic rings. The Labute approximate surface area is 185 Å². The van der Waals surface area contributed by atoms with Crippen molar-refractivity contribution in [3.05, 3.63) is 34.6 Å². The highest BCUT2D eigenvalue weighted by Crippen LogP contribution is 2.36. The predicted molar refractivity (Wildman–Crippen MR) is 115 cm³/mol. The molecule has 1 saturated carbocycles. The Kier molecular flexibility index (Phi) is 5.19. The van der Waals surface area contributed by atoms with E-state index in [-0.39, 0.29) is 16.6 Å². The molecule has 12 heteroatoms. The maximum atomic E-state index is 13.4. The number of hydrogen-bond donors (Lipinski definition) is 1. The number of ether oxygens (including phenoxy) is 1. The number of nitrogens with one attached hydrogen (secondary N) is 1. The molecule has 172 valence electrons. The fourth-order valence-electron chi connectivity index (χ4n) is 3.92. The molecule has 2 fully saturated rings. The Balaban J connectivity index is 1.58. The van der Waals surface area contributed by atoms with Crippen molar-refractivity contribution >= 4 is 21.1 Å². The number of imidazole rings is 1. The minimum absolute atomic E-state index is 0.0132. The van der Waals surface area contributed by atoms with E-state index < -0.39 is 15.6 Å². The second kappa shape index (κ2) is 7.80. The zero-order valence-corrected chi connectivity index (χ0v) is 18.9. The number of aryl methyl sites for hydroxylation is 1. The summed E-state index contributed by atoms with van der Waals surface area (Å²) >= 11 is 0. The summed E-state index contributed by atoms with van der Waals surface area (Å²) in [4.78, 5) is 15.7. The molecule has 2 aromatic heterocycles. The normalized spacial score (nSPS) is 18.9. The van der Waals surface area contributed by atoms with Crippen molar-refractivity contribution in [3.8, 4) is 6.01 Å². The molecule has 11 nitrogen and oxygen atoms in total. The van der Waals surface area contributed by atoms with Gasteiger partial charge in [0.15, 0.2) is 0 Å². The lowest BCUT2D eigenvalue weighted by atomic mass is 10.3. The first-order chi connectivity index (χ1) is 15.3. The maximum absolute atomic E-state index is 13.4. The SMILES string of the molecule is Cc1nnc(-n2c(=O)n(CCN3CCOCC3)c3ccc(S(=O)(=O)NC4(C)CC4)cc32)o1. The van der Waals surface area contributed by atoms with Gasteiger partial charge in [0.05, 0.1) is 29.1 Å². The van der Waals surface area contributed by atoms with Crippen LogP contribution in [0.3, 0.4) is 0 Å². The standard InChI is InChI=1S/C20H26N6O5S/c1-14-21-22-18(31-14)26-17-13-15(32(28,29)23-20(2)5-6-20)3-4-16(17)25(19(26)27)8-7-24-9-11-30-12-10-24/h3-4,13,23H,5-12H2,1-2H3. The number of benzene rings is 1. The monoisotopic (exact) mass is 462 g/mol. The van der Waals surface area contributed by atoms with Crippen LogP contribution in [0.1, 0.15) is 25.7 Å². The summed E-state index contributed by atoms with van der Waals surface area (Å²) in [5, 5.41) is 7.82. The number of aromatic nitrogens is 4. The molecule has 1 N–H and O–H groups in total. The van der Waals surface area contributed by atoms with Gasteiger partial charge in [-0.25, -0.2) is 22.5 Å². The van der Waals surface area contributed by atoms with E-state index >= 15 is 0 Å². The van der Waals surface area contributed by atoms with Gasteiger partial charge in [-0.3, -0.25) is 9.47 Å². The van der Waals surface area contributed by atoms with E-state index in [1.54, 1.807) is 17.6 Å². The number of morpholine rings is 1. The highest BCUT2D eigenvalue weighted by molar-refractivity contribution is 7.89. The van der Waals surface area contributed by atoms with Gasteiger partial charge in [0.1, 0.15) is 0 Å². The van der Waals surface area contributed by atoms with Crippen LogP contribution in [0.2, 0.25) is 0 Å². The molecule has 5 rings (SSSR count). The quantitative estimate of drug-likeness (QED) is 0.543. The molecule has 3 heterocycles. The molecule has 0 amide bonds. The van der Waals surface area contributed by atoms with Gasteiger partial charge in [0.25, 0.3) is 0 Å². The lowest BCUT2D eigenvalue weighted by Gasteiger charge is -2.26. The fraction of sp³-hybridized carbons (Fsp3) is 0.550. The molecule has 1 saturated heterocycles. The van der Waals surface area contributed by atoms with Crippen LogP contribution >= 0.6 is 0 Å². The third kappa shape index (κ3) is 3.98. The topological polar surface area (TPSA) is 124 Å². The van der Waals surface area contributed by atoms with Gasteiger partial charge in [-0.15, -0.1) is 5.10 Å². The minimum atomic E-state index is -3.74. The van der Waals surface area contributed by atoms with Gasteiger partial charge >= 0.3 is 11.7 Å². The van der Waals surface area contributed by atoms with Crippen LogP contribution in [0.15, 0.2) is 32.3 Å². The van der Waals surface area contributed by atoms with E-state index in [4.69, 9.17) is 9.15 Å². The molecule has 0 unspecified atom stereocenters. The van der Waals surface area contributed by atoms with Crippen molar-refractivity contribution < 1.29 is 17.6 Å². The second-order valence-corrected chi connectivity index (χ2v) is 10.3. The Morgan fingerprint density at radius 3 is 2.53 bits per heavy atom. The molecule has 1 aliphatic carbocycles. The van der Waals surface area contributed by atoms with Crippen LogP contribution in [0.5, 0.6) is 0 Å². The van der Waals surface area contributed by atoms with E-state index in [9.17, 15) is 13.2 Å². The van der Waals surface area contributed by atoms with Crippen LogP contribution in [-0.4, -0.2) is 71.0 Å². The average Bonchev–Trinajstić information content (AvgIpc) is 3.20. The van der Waals surface area contributed by atoms with Gasteiger partial charge in [-0.1, -0.05) is 5.10 Å². The van der Waals surface area contributed by atoms with Crippen LogP contribution in [-0.2, 0) is 21.3 Å². The lowest BCUT2D eigenvalue weighted by molar-refractivity contribution is 0.0364. The third-order valence-corrected chi connectivity index (χ3v) is 7.68. The molecule has 0 bridgehead atoms. The van der Waals surface area contributed by atoms with E-state index in [1.807, 2.05) is 6.92 Å². The first-order valence-electron chi connectivity index (χ1n) is 10.7. The molecule has 0 radical (unpaired) electrons. The Morgan fingerprint density at radius 2 is 1.88 bits per heavy atom. The summed E-state index contributed by atoms with van der Waals surface area (Å²) in [7, 11) is -3.74. The van der Waals surface area contributed by atoms with Gasteiger partial charge < -0.3 is 9.15 Å². The smallest absolute Gasteiger partial charge is 0.337 e. The first kappa shape index (κ1) is 21.3. The molecule has 1 aromatic carbocycles. The minimum Gasteiger partial charge on any atom is -0.408 e. The highest BCUT2D eigenvalue weighted by Gasteiger charge is 2.41. The molecular formula is C20H26N6O5S. The largest absolute Gasteiger partial charge is 0.408 e. The Morgan fingerprint density at radius 1 is 1.12 bits per heavy atom. The third-order valence-electron chi connectivity index (χ3n) is 6.04. The molecule has 1 aliphatic heterocycles. The van der Waals surface area contributed by atoms with Crippen molar-refractivity contribution in [2.45, 2.75) is 43.7 Å². The molecular weight excluding hydrogens is 436 g/mol. The number of sulfonamides is 1. The highest BCUT2D eigenvalue weighted by atomic mass is 32.2. The van der Waals surface area contributed by atoms with Crippen LogP contribution < -0.4 is 10.4 Å². The number of nitrogens with zero attached hydrogens (tertiary/aromatic N) is 5. The Hall–Kier alpha value is -2.54. The van der Waals surface area contributed by atoms with Crippen molar-refractivity contribution in [1.29, 1.82) is 0 Å². The average molecular weight is 463 g/mol. The van der Waals surface area contributed by atoms with Crippen LogP contribution in [0.25, 0.3) is 17.0 Å². The molecule has 0 atom stereocenters. The molecule has 32 heavy (non-hydrogen) atoms. The lowest BCUT2D eigenvalue weighted by Crippen LogP contribution is -2.39. The second-order valence-electron chi connectivity index (χ2n) is 8.64. The fourth-order valence-corrected chi connectivity index (χ4v) is 5.41. The van der Waals surface area contributed by atoms with E-state index in [0.29, 0.717) is 43.2 Å². The maximum Gasteiger partial charge on any atom is 0.337 e. The van der Waals surface area contributed by atoms with Crippen LogP contribution in [0, 0.1) is 6.92 Å². The summed E-state index contributed by atoms with van der Waals surface area (Å²) in [5.74, 6) is 0.313. The summed E-state index contributed by atoms with van der Waals surface area (Å²) < 4.78 is 42.4. The van der Waals surface area contributed by atoms with Gasteiger partial charge in [-0.2, -0.15) is 0 Å². The summed E-state index contributed by atoms with van der Waals surface area (Å²) in [5.41, 5.74) is 0.259. The van der Waals surface area contributed by atoms with Gasteiger partial charge in [0.2, 0.25) is 15.9 Å². The molecule has 0 spiro atoms. The zero-order valence-electron chi connectivity index (χ0n) is 18.1. The summed E-state index contributed by atoms with van der Waals surface area (Å²) in [6.07, 6.45) is 1.61. The van der Waals surface area contributed by atoms with Gasteiger partial charge in [-0.05, 0) is 38.0 Å². The Bertz CT molecular complexity index is 1310. The number of hydrogen-bond acceptors (Lipinski definition) is 8. The van der Waals surface area contributed by atoms with Crippen molar-refractivity contribution in [1.82, 2.24) is 29.0 Å². The van der Waals surface area contributed by atoms with Crippen molar-refractivity contribution in [2.75, 3.05) is 32.8 Å². The number of rotatable bonds is 7. The van der Waals surface area contributed by atoms with Gasteiger partial charge in [0, 0.05) is 38.6 Å². The van der Waals surface area contributed by atoms with E-state index in [0.717, 1.165) is 25.9 Å². The zero-order chi connectivity index (χ0) is 22.5. The summed E-state index contributed by atoms with van der Waals surface area (Å²) in [6, 6.07) is 4.71. The summed E-state index contributed by atoms with van der Waals surface area (Å²) in [6.45, 7) is 7.59. The molecule has 3 aromatic rings. The van der Waals surface area contributed by atoms with Crippen molar-refractivity contribution in [2.24, 2.45) is 0 Å². The predicted octanol–water partition coefficient (Wildman–Crippen LogP) is 0.647.